The van der Waals surface area contributed by atoms with Crippen LogP contribution in [0.2, 0.25) is 0 Å². The van der Waals surface area contributed by atoms with Crippen molar-refractivity contribution in [2.45, 2.75) is 44.1 Å². The fourth-order valence-corrected chi connectivity index (χ4v) is 3.18. The largest absolute Gasteiger partial charge is 0.395 e. The number of oxime groups is 1. The van der Waals surface area contributed by atoms with Crippen LogP contribution < -0.4 is 5.43 Å². The molecule has 2 rings (SSSR count). The average Bonchev–Trinajstić information content (AvgIpc) is 2.65. The monoisotopic (exact) mass is 332 g/mol. The number of halogens is 2. The standard InChI is InChI=1S/C13H18Cl2N4O2/c1-7(5-16)19-11(20)10(8(2)17-19)18-21-6-9-12(3,4)13(9,14)15/h7-9,17H,6H2,1-4H3. The minimum absolute atomic E-state index is 0.0356. The van der Waals surface area contributed by atoms with E-state index in [1.165, 1.54) is 5.01 Å². The molecule has 116 valence electrons. The highest BCUT2D eigenvalue weighted by atomic mass is 35.5. The Morgan fingerprint density at radius 3 is 2.62 bits per heavy atom. The molecule has 8 heteroatoms. The SMILES string of the molecule is CC1NN(C(C)C#N)C(=O)C1=NOCC1C(C)(C)C1(Cl)Cl. The van der Waals surface area contributed by atoms with Crippen molar-refractivity contribution in [2.24, 2.45) is 16.5 Å². The third kappa shape index (κ3) is 2.59. The molecule has 0 radical (unpaired) electrons. The van der Waals surface area contributed by atoms with Gasteiger partial charge in [-0.15, -0.1) is 23.2 Å². The van der Waals surface area contributed by atoms with E-state index >= 15 is 0 Å². The molecule has 2 fully saturated rings. The van der Waals surface area contributed by atoms with Gasteiger partial charge >= 0.3 is 0 Å². The lowest BCUT2D eigenvalue weighted by molar-refractivity contribution is -0.126. The van der Waals surface area contributed by atoms with Gasteiger partial charge in [0.1, 0.15) is 17.0 Å². The van der Waals surface area contributed by atoms with Crippen molar-refractivity contribution in [3.63, 3.8) is 0 Å². The third-order valence-electron chi connectivity index (χ3n) is 4.24. The molecule has 1 heterocycles. The number of nitriles is 1. The van der Waals surface area contributed by atoms with Crippen molar-refractivity contribution in [3.8, 4) is 6.07 Å². The molecule has 1 aliphatic heterocycles. The number of carbonyl (C=O) groups is 1. The summed E-state index contributed by atoms with van der Waals surface area (Å²) in [6.45, 7) is 7.56. The van der Waals surface area contributed by atoms with Crippen molar-refractivity contribution in [1.29, 1.82) is 5.26 Å². The molecule has 0 bridgehead atoms. The number of nitrogens with zero attached hydrogens (tertiary/aromatic N) is 3. The molecule has 0 aromatic heterocycles. The van der Waals surface area contributed by atoms with Gasteiger partial charge in [-0.05, 0) is 13.8 Å². The van der Waals surface area contributed by atoms with Crippen molar-refractivity contribution in [3.05, 3.63) is 0 Å². The maximum Gasteiger partial charge on any atom is 0.288 e. The Kier molecular flexibility index (Phi) is 4.13. The Balaban J connectivity index is 1.97. The Labute approximate surface area is 134 Å². The number of rotatable bonds is 4. The van der Waals surface area contributed by atoms with Crippen LogP contribution in [0.1, 0.15) is 27.7 Å². The van der Waals surface area contributed by atoms with E-state index in [9.17, 15) is 4.79 Å². The number of carbonyl (C=O) groups excluding carboxylic acids is 1. The lowest BCUT2D eigenvalue weighted by Crippen LogP contribution is -2.42. The van der Waals surface area contributed by atoms with E-state index in [1.807, 2.05) is 19.9 Å². The van der Waals surface area contributed by atoms with Crippen molar-refractivity contribution in [2.75, 3.05) is 6.61 Å². The van der Waals surface area contributed by atoms with Crippen LogP contribution in [-0.2, 0) is 9.63 Å². The number of hydrazine groups is 1. The van der Waals surface area contributed by atoms with Gasteiger partial charge in [0.25, 0.3) is 5.91 Å². The minimum atomic E-state index is -0.821. The Bertz CT molecular complexity index is 513. The highest BCUT2D eigenvalue weighted by Crippen LogP contribution is 2.68. The zero-order valence-electron chi connectivity index (χ0n) is 12.4. The van der Waals surface area contributed by atoms with Crippen molar-refractivity contribution < 1.29 is 9.63 Å². The van der Waals surface area contributed by atoms with Gasteiger partial charge in [-0.1, -0.05) is 19.0 Å². The van der Waals surface area contributed by atoms with Crippen LogP contribution in [-0.4, -0.2) is 39.7 Å². The second-order valence-electron chi connectivity index (χ2n) is 6.00. The molecule has 21 heavy (non-hydrogen) atoms. The third-order valence-corrected chi connectivity index (χ3v) is 5.74. The Hall–Kier alpha value is -1.03. The van der Waals surface area contributed by atoms with E-state index in [4.69, 9.17) is 33.3 Å². The second-order valence-corrected chi connectivity index (χ2v) is 7.39. The lowest BCUT2D eigenvalue weighted by Gasteiger charge is -2.17. The molecule has 6 nitrogen and oxygen atoms in total. The zero-order chi connectivity index (χ0) is 16.0. The van der Waals surface area contributed by atoms with E-state index in [2.05, 4.69) is 10.6 Å². The molecule has 1 amide bonds. The summed E-state index contributed by atoms with van der Waals surface area (Å²) in [5.74, 6) is -0.388. The Morgan fingerprint density at radius 1 is 1.57 bits per heavy atom. The fourth-order valence-electron chi connectivity index (χ4n) is 2.35. The summed E-state index contributed by atoms with van der Waals surface area (Å²) in [7, 11) is 0. The average molecular weight is 333 g/mol. The summed E-state index contributed by atoms with van der Waals surface area (Å²) in [6, 6.07) is 1.11. The first-order chi connectivity index (χ1) is 9.64. The topological polar surface area (TPSA) is 77.7 Å². The van der Waals surface area contributed by atoms with Crippen LogP contribution in [0.25, 0.3) is 0 Å². The predicted octanol–water partition coefficient (Wildman–Crippen LogP) is 1.84. The van der Waals surface area contributed by atoms with E-state index in [1.54, 1.807) is 13.8 Å². The van der Waals surface area contributed by atoms with Crippen LogP contribution >= 0.6 is 23.2 Å². The van der Waals surface area contributed by atoms with Gasteiger partial charge in [0.2, 0.25) is 0 Å². The zero-order valence-corrected chi connectivity index (χ0v) is 13.9. The number of alkyl halides is 2. The quantitative estimate of drug-likeness (QED) is 0.629. The maximum absolute atomic E-state index is 12.1. The van der Waals surface area contributed by atoms with Crippen LogP contribution in [0, 0.1) is 22.7 Å². The summed E-state index contributed by atoms with van der Waals surface area (Å²) in [5, 5.41) is 14.0. The van der Waals surface area contributed by atoms with Gasteiger partial charge < -0.3 is 4.84 Å². The molecule has 3 atom stereocenters. The lowest BCUT2D eigenvalue weighted by atomic mass is 10.1. The van der Waals surface area contributed by atoms with Crippen LogP contribution in [0.15, 0.2) is 5.16 Å². The van der Waals surface area contributed by atoms with Crippen molar-refractivity contribution >= 4 is 34.8 Å². The molecule has 2 aliphatic rings. The predicted molar refractivity (Wildman–Crippen MR) is 79.6 cm³/mol. The highest BCUT2D eigenvalue weighted by molar-refractivity contribution is 6.51. The van der Waals surface area contributed by atoms with E-state index in [0.717, 1.165) is 0 Å². The molecule has 0 spiro atoms. The first kappa shape index (κ1) is 16.3. The van der Waals surface area contributed by atoms with E-state index < -0.39 is 10.4 Å². The number of hydrogen-bond donors (Lipinski definition) is 1. The molecule has 1 saturated carbocycles. The second kappa shape index (κ2) is 5.31. The number of hydrogen-bond acceptors (Lipinski definition) is 5. The smallest absolute Gasteiger partial charge is 0.288 e. The van der Waals surface area contributed by atoms with Crippen LogP contribution in [0.5, 0.6) is 0 Å². The normalized spacial score (nSPS) is 32.9. The molecule has 1 N–H and O–H groups in total. The molecule has 3 unspecified atom stereocenters. The summed E-state index contributed by atoms with van der Waals surface area (Å²) in [4.78, 5) is 17.4. The molecule has 1 saturated heterocycles. The van der Waals surface area contributed by atoms with Gasteiger partial charge in [-0.2, -0.15) is 5.26 Å². The highest BCUT2D eigenvalue weighted by Gasteiger charge is 2.70. The summed E-state index contributed by atoms with van der Waals surface area (Å²) in [6.07, 6.45) is 0. The maximum atomic E-state index is 12.1. The van der Waals surface area contributed by atoms with Gasteiger partial charge in [0.05, 0.1) is 12.1 Å². The van der Waals surface area contributed by atoms with Gasteiger partial charge in [-0.3, -0.25) is 9.80 Å². The fraction of sp³-hybridized carbons (Fsp3) is 0.769. The molecular weight excluding hydrogens is 315 g/mol. The van der Waals surface area contributed by atoms with E-state index in [-0.39, 0.29) is 35.6 Å². The first-order valence-electron chi connectivity index (χ1n) is 6.71. The van der Waals surface area contributed by atoms with Crippen molar-refractivity contribution in [1.82, 2.24) is 10.4 Å². The summed E-state index contributed by atoms with van der Waals surface area (Å²) >= 11 is 12.3. The minimum Gasteiger partial charge on any atom is -0.395 e. The first-order valence-corrected chi connectivity index (χ1v) is 7.47. The molecule has 1 aliphatic carbocycles. The summed E-state index contributed by atoms with van der Waals surface area (Å²) in [5.41, 5.74) is 2.90. The van der Waals surface area contributed by atoms with E-state index in [0.29, 0.717) is 0 Å². The van der Waals surface area contributed by atoms with Crippen LogP contribution in [0.4, 0.5) is 0 Å². The van der Waals surface area contributed by atoms with Gasteiger partial charge in [0.15, 0.2) is 5.71 Å². The Morgan fingerprint density at radius 2 is 2.14 bits per heavy atom. The molecular formula is C13H18Cl2N4O2. The summed E-state index contributed by atoms with van der Waals surface area (Å²) < 4.78 is -0.821. The van der Waals surface area contributed by atoms with Crippen LogP contribution in [0.3, 0.4) is 0 Å². The van der Waals surface area contributed by atoms with Gasteiger partial charge in [-0.25, -0.2) is 5.43 Å². The van der Waals surface area contributed by atoms with Gasteiger partial charge in [0, 0.05) is 11.3 Å². The molecule has 0 aromatic rings. The number of amides is 1. The molecule has 0 aromatic carbocycles. The number of nitrogens with one attached hydrogen (secondary N) is 1.